The molecule has 7 aromatic carbocycles. The number of carbonyl (C=O) groups excluding carboxylic acids is 8. The SMILES string of the molecule is CCCNC(=O)c1ccc(C)c(Nc2ncnn3cc(C(=O)c4ccccc4)c(C)c23)c1.CCNC(=O)c1ccc(C)c(Nc2ncnn3cc(C(=O)c4ccccc4)c(C)c23)c1.CNC(=O)c1ccc(C)c(Nc2ncnn3cc(C(=O)c4cccc(C)n4)c(C)c23)c1.CNC(=O)c1ccc(C)c(Nc2ncnn3cc(C(=O)c4ccccc4)c(C)c23)c1. The van der Waals surface area contributed by atoms with Crippen LogP contribution in [0.1, 0.15) is 176 Å². The highest BCUT2D eigenvalue weighted by Gasteiger charge is 2.26. The second-order valence-electron chi connectivity index (χ2n) is 29.2. The van der Waals surface area contributed by atoms with Gasteiger partial charge in [-0.05, 0) is 181 Å². The van der Waals surface area contributed by atoms with Gasteiger partial charge in [0.05, 0.1) is 0 Å². The van der Waals surface area contributed by atoms with E-state index in [0.717, 1.165) is 79.4 Å². The normalized spacial score (nSPS) is 10.8. The summed E-state index contributed by atoms with van der Waals surface area (Å²) in [6.45, 7) is 22.3. The van der Waals surface area contributed by atoms with Gasteiger partial charge in [0.1, 0.15) is 53.1 Å². The summed E-state index contributed by atoms with van der Waals surface area (Å²) >= 11 is 0. The van der Waals surface area contributed by atoms with Crippen LogP contribution in [0.3, 0.4) is 0 Å². The number of nitrogens with one attached hydrogen (secondary N) is 8. The van der Waals surface area contributed by atoms with Crippen LogP contribution in [0.25, 0.3) is 22.1 Å². The van der Waals surface area contributed by atoms with Crippen molar-refractivity contribution in [1.29, 1.82) is 0 Å². The van der Waals surface area contributed by atoms with Gasteiger partial charge >= 0.3 is 0 Å². The number of amides is 4. The minimum absolute atomic E-state index is 0.0645. The molecule has 0 spiro atoms. The number of aryl methyl sites for hydroxylation is 9. The Labute approximate surface area is 714 Å². The zero-order valence-electron chi connectivity index (χ0n) is 70.6. The number of anilines is 8. The summed E-state index contributed by atoms with van der Waals surface area (Å²) in [6, 6.07) is 54.7. The molecule has 9 aromatic heterocycles. The van der Waals surface area contributed by atoms with Crippen LogP contribution in [-0.4, -0.2) is 137 Å². The summed E-state index contributed by atoms with van der Waals surface area (Å²) in [4.78, 5) is 123. The van der Waals surface area contributed by atoms with Gasteiger partial charge in [0, 0.05) is 142 Å². The molecule has 0 bridgehead atoms. The Morgan fingerprint density at radius 1 is 0.315 bits per heavy atom. The average molecular weight is 1650 g/mol. The van der Waals surface area contributed by atoms with E-state index >= 15 is 0 Å². The number of benzene rings is 7. The van der Waals surface area contributed by atoms with E-state index in [1.807, 2.05) is 173 Å². The number of pyridine rings is 1. The Bertz CT molecular complexity index is 6780. The fourth-order valence-electron chi connectivity index (χ4n) is 14.0. The van der Waals surface area contributed by atoms with Crippen molar-refractivity contribution >= 4 is 115 Å². The Morgan fingerprint density at radius 2 is 0.605 bits per heavy atom. The van der Waals surface area contributed by atoms with Gasteiger partial charge in [0.2, 0.25) is 5.78 Å². The maximum absolute atomic E-state index is 13.1. The van der Waals surface area contributed by atoms with Crippen LogP contribution in [0.5, 0.6) is 0 Å². The third kappa shape index (κ3) is 18.8. The number of hydrogen-bond donors (Lipinski definition) is 8. The smallest absolute Gasteiger partial charge is 0.251 e. The highest BCUT2D eigenvalue weighted by Crippen LogP contribution is 2.35. The van der Waals surface area contributed by atoms with Crippen LogP contribution in [0, 0.1) is 62.3 Å². The minimum Gasteiger partial charge on any atom is -0.355 e. The molecule has 8 N–H and O–H groups in total. The molecule has 0 fully saturated rings. The summed E-state index contributed by atoms with van der Waals surface area (Å²) in [6.07, 6.45) is 13.5. The van der Waals surface area contributed by atoms with Crippen LogP contribution in [-0.2, 0) is 0 Å². The van der Waals surface area contributed by atoms with E-state index in [9.17, 15) is 38.4 Å². The van der Waals surface area contributed by atoms with E-state index in [-0.39, 0.29) is 46.8 Å². The van der Waals surface area contributed by atoms with Crippen LogP contribution < -0.4 is 42.5 Å². The lowest BCUT2D eigenvalue weighted by atomic mass is 10.0. The van der Waals surface area contributed by atoms with Gasteiger partial charge in [-0.25, -0.2) is 43.0 Å². The summed E-state index contributed by atoms with van der Waals surface area (Å²) in [5.74, 6) is 1.29. The molecule has 29 nitrogen and oxygen atoms in total. The lowest BCUT2D eigenvalue weighted by molar-refractivity contribution is 0.0946. The molecule has 0 aliphatic heterocycles. The van der Waals surface area contributed by atoms with E-state index in [1.54, 1.807) is 142 Å². The fraction of sp³-hybridized carbons (Fsp3) is 0.168. The van der Waals surface area contributed by atoms with Crippen molar-refractivity contribution in [1.82, 2.24) is 84.6 Å². The van der Waals surface area contributed by atoms with Gasteiger partial charge in [0.25, 0.3) is 23.6 Å². The molecule has 0 atom stereocenters. The standard InChI is InChI=1S/C25H25N5O2.C24H23N5O2.C23H22N6O2.C23H21N5O2/c1-4-12-26-25(32)19-11-10-16(2)21(13-19)29-24-22-17(3)20(14-30(22)28-15-27-24)23(31)18-8-6-5-7-9-18;1-4-25-24(31)18-11-10-15(2)20(12-18)28-23-21-16(3)19(13-29(21)27-14-26-23)22(30)17-8-6-5-7-9-17;1-13-8-9-16(23(31)24-4)10-19(13)28-22-20-15(3)17(11-29(20)26-12-25-22)21(30)18-7-5-6-14(2)27-18;1-14-9-10-17(23(30)24-3)11-19(14)27-22-20-15(2)18(12-28(20)26-13-25-22)21(29)16-7-5-4-6-8-16/h5-11,13-15H,4,12H2,1-3H3,(H,26,32)(H,27,28,29);5-14H,4H2,1-3H3,(H,25,31)(H,26,27,28);5-12H,1-4H3,(H,24,31)(H,25,26,28);4-13H,1-3H3,(H,24,30)(H,25,26,27). The quantitative estimate of drug-likeness (QED) is 0.0276. The van der Waals surface area contributed by atoms with Crippen molar-refractivity contribution in [2.24, 2.45) is 0 Å². The monoisotopic (exact) mass is 1650 g/mol. The molecule has 0 radical (unpaired) electrons. The first-order chi connectivity index (χ1) is 59.9. The van der Waals surface area contributed by atoms with Gasteiger partial charge in [-0.3, -0.25) is 38.4 Å². The van der Waals surface area contributed by atoms with Crippen molar-refractivity contribution < 1.29 is 38.4 Å². The molecule has 0 saturated carbocycles. The third-order valence-electron chi connectivity index (χ3n) is 20.9. The van der Waals surface area contributed by atoms with E-state index in [4.69, 9.17) is 0 Å². The summed E-state index contributed by atoms with van der Waals surface area (Å²) in [7, 11) is 3.19. The predicted molar refractivity (Wildman–Crippen MR) is 478 cm³/mol. The van der Waals surface area contributed by atoms with E-state index < -0.39 is 0 Å². The second-order valence-corrected chi connectivity index (χ2v) is 29.2. The number of hydrogen-bond acceptors (Lipinski definition) is 21. The average Bonchev–Trinajstić information content (AvgIpc) is 1.64. The largest absolute Gasteiger partial charge is 0.355 e. The van der Waals surface area contributed by atoms with Crippen molar-refractivity contribution in [2.75, 3.05) is 48.5 Å². The summed E-state index contributed by atoms with van der Waals surface area (Å²) < 4.78 is 6.60. The molecule has 124 heavy (non-hydrogen) atoms. The predicted octanol–water partition coefficient (Wildman–Crippen LogP) is 15.6. The molecule has 0 saturated heterocycles. The van der Waals surface area contributed by atoms with Gasteiger partial charge in [0.15, 0.2) is 40.6 Å². The van der Waals surface area contributed by atoms with Gasteiger partial charge < -0.3 is 42.5 Å². The molecule has 0 aliphatic rings. The van der Waals surface area contributed by atoms with Crippen LogP contribution in [0.4, 0.5) is 46.0 Å². The highest BCUT2D eigenvalue weighted by atomic mass is 16.2. The van der Waals surface area contributed by atoms with E-state index in [1.165, 1.54) is 25.3 Å². The zero-order valence-corrected chi connectivity index (χ0v) is 70.6. The first kappa shape index (κ1) is 85.8. The zero-order chi connectivity index (χ0) is 88.0. The van der Waals surface area contributed by atoms with Gasteiger partial charge in [-0.2, -0.15) is 20.4 Å². The molecule has 4 amide bonds. The lowest BCUT2D eigenvalue weighted by Crippen LogP contribution is -2.24. The first-order valence-corrected chi connectivity index (χ1v) is 40.0. The molecule has 29 heteroatoms. The summed E-state index contributed by atoms with van der Waals surface area (Å²) in [5.41, 5.74) is 20.3. The first-order valence-electron chi connectivity index (χ1n) is 40.0. The van der Waals surface area contributed by atoms with E-state index in [2.05, 4.69) is 87.8 Å². The van der Waals surface area contributed by atoms with E-state index in [0.29, 0.717) is 125 Å². The molecule has 0 aliphatic carbocycles. The molecular formula is C95H91N21O8. The second kappa shape index (κ2) is 38.3. The molecule has 624 valence electrons. The highest BCUT2D eigenvalue weighted by molar-refractivity contribution is 6.14. The van der Waals surface area contributed by atoms with Crippen molar-refractivity contribution in [3.05, 3.63) is 349 Å². The van der Waals surface area contributed by atoms with Crippen molar-refractivity contribution in [3.8, 4) is 0 Å². The Balaban J connectivity index is 0.000000142. The molecule has 9 heterocycles. The number of aromatic nitrogens is 13. The number of carbonyl (C=O) groups is 8. The number of ketones is 4. The fourth-order valence-corrected chi connectivity index (χ4v) is 14.0. The number of rotatable bonds is 23. The molecule has 16 aromatic rings. The maximum Gasteiger partial charge on any atom is 0.251 e. The topological polar surface area (TPSA) is 366 Å². The molecule has 0 unspecified atom stereocenters. The summed E-state index contributed by atoms with van der Waals surface area (Å²) in [5, 5.41) is 41.3. The Kier molecular flexibility index (Phi) is 26.5. The maximum atomic E-state index is 13.1. The molecular weight excluding hydrogens is 1560 g/mol. The number of fused-ring (bicyclic) bond motifs is 4. The Morgan fingerprint density at radius 3 is 0.887 bits per heavy atom. The lowest BCUT2D eigenvalue weighted by Gasteiger charge is -2.12. The van der Waals surface area contributed by atoms with Crippen LogP contribution in [0.15, 0.2) is 232 Å². The van der Waals surface area contributed by atoms with Crippen molar-refractivity contribution in [3.63, 3.8) is 0 Å². The van der Waals surface area contributed by atoms with Crippen LogP contribution >= 0.6 is 0 Å². The minimum atomic E-state index is -0.173. The van der Waals surface area contributed by atoms with Crippen molar-refractivity contribution in [2.45, 2.75) is 82.6 Å². The van der Waals surface area contributed by atoms with Gasteiger partial charge in [-0.15, -0.1) is 0 Å². The van der Waals surface area contributed by atoms with Crippen LogP contribution in [0.2, 0.25) is 0 Å². The van der Waals surface area contributed by atoms with Gasteiger partial charge in [-0.1, -0.05) is 128 Å². The third-order valence-corrected chi connectivity index (χ3v) is 20.9. The molecule has 16 rings (SSSR count). The Hall–Kier alpha value is -16.1. The number of nitrogens with zero attached hydrogens (tertiary/aromatic N) is 13.